The van der Waals surface area contributed by atoms with Crippen molar-refractivity contribution in [1.82, 2.24) is 4.98 Å². The van der Waals surface area contributed by atoms with Crippen LogP contribution < -0.4 is 4.74 Å². The van der Waals surface area contributed by atoms with Crippen LogP contribution in [0.4, 0.5) is 4.39 Å². The van der Waals surface area contributed by atoms with Gasteiger partial charge in [0.25, 0.3) is 0 Å². The highest BCUT2D eigenvalue weighted by Crippen LogP contribution is 2.33. The van der Waals surface area contributed by atoms with E-state index in [1.165, 1.54) is 6.20 Å². The number of nitrogens with one attached hydrogen (secondary N) is 1. The Morgan fingerprint density at radius 3 is 3.00 bits per heavy atom. The first kappa shape index (κ1) is 9.98. The van der Waals surface area contributed by atoms with Crippen LogP contribution in [0, 0.1) is 0 Å². The van der Waals surface area contributed by atoms with Crippen molar-refractivity contribution < 1.29 is 13.9 Å². The third-order valence-electron chi connectivity index (χ3n) is 2.12. The number of hydrogen-bond donors (Lipinski definition) is 1. The number of fused-ring (bicyclic) bond motifs is 1. The quantitative estimate of drug-likeness (QED) is 0.820. The van der Waals surface area contributed by atoms with Crippen LogP contribution in [0.3, 0.4) is 0 Å². The Kier molecular flexibility index (Phi) is 2.60. The summed E-state index contributed by atoms with van der Waals surface area (Å²) in [6.07, 6.45) is 2.24. The molecule has 0 radical (unpaired) electrons. The standard InChI is InChI=1S/C10H7ClFNO2/c11-8-2-1-7-6(4-14)3-13-9(7)10(8)15-5-12/h1-4,13H,5H2. The highest BCUT2D eigenvalue weighted by molar-refractivity contribution is 6.33. The molecule has 3 nitrogen and oxygen atoms in total. The molecule has 0 atom stereocenters. The Balaban J connectivity index is 2.71. The second kappa shape index (κ2) is 3.90. The van der Waals surface area contributed by atoms with Crippen molar-refractivity contribution in [3.63, 3.8) is 0 Å². The lowest BCUT2D eigenvalue weighted by molar-refractivity contribution is 0.112. The molecule has 0 aliphatic carbocycles. The normalized spacial score (nSPS) is 10.5. The maximum atomic E-state index is 12.1. The average molecular weight is 228 g/mol. The number of carbonyl (C=O) groups excluding carboxylic acids is 1. The largest absolute Gasteiger partial charge is 0.459 e. The van der Waals surface area contributed by atoms with Gasteiger partial charge in [0.05, 0.1) is 10.5 Å². The molecular formula is C10H7ClFNO2. The van der Waals surface area contributed by atoms with Crippen LogP contribution in [-0.4, -0.2) is 18.1 Å². The first-order valence-electron chi connectivity index (χ1n) is 4.21. The van der Waals surface area contributed by atoms with Gasteiger partial charge >= 0.3 is 0 Å². The minimum atomic E-state index is -0.964. The van der Waals surface area contributed by atoms with Gasteiger partial charge in [-0.3, -0.25) is 4.79 Å². The Morgan fingerprint density at radius 2 is 2.33 bits per heavy atom. The molecule has 2 rings (SSSR count). The Morgan fingerprint density at radius 1 is 1.53 bits per heavy atom. The summed E-state index contributed by atoms with van der Waals surface area (Å²) < 4.78 is 16.9. The third kappa shape index (κ3) is 1.57. The second-order valence-electron chi connectivity index (χ2n) is 2.91. The molecule has 0 saturated heterocycles. The Labute approximate surface area is 89.8 Å². The topological polar surface area (TPSA) is 42.1 Å². The van der Waals surface area contributed by atoms with E-state index in [4.69, 9.17) is 16.3 Å². The van der Waals surface area contributed by atoms with E-state index in [1.54, 1.807) is 12.1 Å². The number of aromatic amines is 1. The fourth-order valence-corrected chi connectivity index (χ4v) is 1.67. The van der Waals surface area contributed by atoms with Crippen LogP contribution in [0.5, 0.6) is 5.75 Å². The second-order valence-corrected chi connectivity index (χ2v) is 3.32. The van der Waals surface area contributed by atoms with Crippen LogP contribution in [0.1, 0.15) is 10.4 Å². The van der Waals surface area contributed by atoms with E-state index in [1.807, 2.05) is 0 Å². The summed E-state index contributed by atoms with van der Waals surface area (Å²) in [6, 6.07) is 3.25. The zero-order valence-electron chi connectivity index (χ0n) is 7.59. The van der Waals surface area contributed by atoms with E-state index >= 15 is 0 Å². The molecule has 0 spiro atoms. The van der Waals surface area contributed by atoms with Crippen LogP contribution >= 0.6 is 11.6 Å². The summed E-state index contributed by atoms with van der Waals surface area (Å²) in [7, 11) is 0. The fourth-order valence-electron chi connectivity index (χ4n) is 1.46. The van der Waals surface area contributed by atoms with E-state index in [0.717, 1.165) is 0 Å². The molecule has 78 valence electrons. The number of aldehydes is 1. The van der Waals surface area contributed by atoms with Crippen molar-refractivity contribution in [2.45, 2.75) is 0 Å². The van der Waals surface area contributed by atoms with Crippen LogP contribution in [-0.2, 0) is 0 Å². The van der Waals surface area contributed by atoms with Gasteiger partial charge in [-0.2, -0.15) is 0 Å². The van der Waals surface area contributed by atoms with Gasteiger partial charge in [0.2, 0.25) is 6.86 Å². The molecule has 0 unspecified atom stereocenters. The van der Waals surface area contributed by atoms with Crippen LogP contribution in [0.25, 0.3) is 10.9 Å². The molecule has 0 bridgehead atoms. The predicted molar refractivity (Wildman–Crippen MR) is 55.3 cm³/mol. The summed E-state index contributed by atoms with van der Waals surface area (Å²) in [4.78, 5) is 13.5. The molecule has 15 heavy (non-hydrogen) atoms. The van der Waals surface area contributed by atoms with Gasteiger partial charge in [0, 0.05) is 17.1 Å². The summed E-state index contributed by atoms with van der Waals surface area (Å²) in [6.45, 7) is -0.964. The molecule has 1 aromatic carbocycles. The fraction of sp³-hybridized carbons (Fsp3) is 0.100. The van der Waals surface area contributed by atoms with E-state index in [9.17, 15) is 9.18 Å². The number of benzene rings is 1. The lowest BCUT2D eigenvalue weighted by Crippen LogP contribution is -1.92. The highest BCUT2D eigenvalue weighted by atomic mass is 35.5. The average Bonchev–Trinajstić information content (AvgIpc) is 2.65. The van der Waals surface area contributed by atoms with Crippen molar-refractivity contribution in [1.29, 1.82) is 0 Å². The van der Waals surface area contributed by atoms with Gasteiger partial charge in [-0.15, -0.1) is 0 Å². The van der Waals surface area contributed by atoms with Gasteiger partial charge in [-0.1, -0.05) is 17.7 Å². The molecule has 1 heterocycles. The lowest BCUT2D eigenvalue weighted by atomic mass is 10.2. The van der Waals surface area contributed by atoms with Gasteiger partial charge in [0.1, 0.15) is 0 Å². The van der Waals surface area contributed by atoms with E-state index < -0.39 is 6.86 Å². The number of carbonyl (C=O) groups is 1. The van der Waals surface area contributed by atoms with Crippen molar-refractivity contribution in [2.24, 2.45) is 0 Å². The lowest BCUT2D eigenvalue weighted by Gasteiger charge is -2.04. The maximum absolute atomic E-state index is 12.1. The maximum Gasteiger partial charge on any atom is 0.228 e. The first-order valence-corrected chi connectivity index (χ1v) is 4.59. The molecule has 0 fully saturated rings. The number of rotatable bonds is 3. The Bertz CT molecular complexity index is 509. The van der Waals surface area contributed by atoms with Gasteiger partial charge in [0.15, 0.2) is 12.0 Å². The summed E-state index contributed by atoms with van der Waals surface area (Å²) in [5.74, 6) is 0.227. The molecule has 1 aromatic heterocycles. The first-order chi connectivity index (χ1) is 7.27. The number of H-pyrrole nitrogens is 1. The predicted octanol–water partition coefficient (Wildman–Crippen LogP) is 2.94. The summed E-state index contributed by atoms with van der Waals surface area (Å²) in [5.41, 5.74) is 1.02. The van der Waals surface area contributed by atoms with E-state index in [-0.39, 0.29) is 5.75 Å². The molecule has 1 N–H and O–H groups in total. The highest BCUT2D eigenvalue weighted by Gasteiger charge is 2.11. The third-order valence-corrected chi connectivity index (χ3v) is 2.42. The number of alkyl halides is 1. The molecule has 0 aliphatic rings. The van der Waals surface area contributed by atoms with Crippen molar-refractivity contribution in [3.05, 3.63) is 28.9 Å². The molecule has 0 saturated carbocycles. The summed E-state index contributed by atoms with van der Waals surface area (Å²) in [5, 5.41) is 0.970. The van der Waals surface area contributed by atoms with E-state index in [0.29, 0.717) is 27.8 Å². The van der Waals surface area contributed by atoms with Gasteiger partial charge in [-0.05, 0) is 6.07 Å². The molecule has 0 amide bonds. The van der Waals surface area contributed by atoms with Gasteiger partial charge in [-0.25, -0.2) is 4.39 Å². The number of halogens is 2. The van der Waals surface area contributed by atoms with Gasteiger partial charge < -0.3 is 9.72 Å². The number of aromatic nitrogens is 1. The minimum absolute atomic E-state index is 0.227. The van der Waals surface area contributed by atoms with Crippen molar-refractivity contribution >= 4 is 28.8 Å². The smallest absolute Gasteiger partial charge is 0.228 e. The van der Waals surface area contributed by atoms with Crippen molar-refractivity contribution in [2.75, 3.05) is 6.86 Å². The molecule has 0 aliphatic heterocycles. The van der Waals surface area contributed by atoms with E-state index in [2.05, 4.69) is 4.98 Å². The summed E-state index contributed by atoms with van der Waals surface area (Å²) >= 11 is 5.83. The molecule has 2 aromatic rings. The van der Waals surface area contributed by atoms with Crippen LogP contribution in [0.15, 0.2) is 18.3 Å². The Hall–Kier alpha value is -1.55. The number of ether oxygens (including phenoxy) is 1. The molecular weight excluding hydrogens is 221 g/mol. The molecule has 5 heteroatoms. The zero-order valence-corrected chi connectivity index (χ0v) is 8.34. The number of hydrogen-bond acceptors (Lipinski definition) is 2. The minimum Gasteiger partial charge on any atom is -0.459 e. The van der Waals surface area contributed by atoms with Crippen LogP contribution in [0.2, 0.25) is 5.02 Å². The zero-order chi connectivity index (χ0) is 10.8. The monoisotopic (exact) mass is 227 g/mol. The SMILES string of the molecule is O=Cc1c[nH]c2c(OCF)c(Cl)ccc12. The van der Waals surface area contributed by atoms with Crippen molar-refractivity contribution in [3.8, 4) is 5.75 Å².